The molecule has 0 saturated heterocycles. The zero-order chi connectivity index (χ0) is 16.3. The van der Waals surface area contributed by atoms with Crippen LogP contribution in [0, 0.1) is 17.6 Å². The summed E-state index contributed by atoms with van der Waals surface area (Å²) in [5.74, 6) is -4.35. The molecule has 120 valence electrons. The van der Waals surface area contributed by atoms with Gasteiger partial charge in [0, 0.05) is 12.1 Å². The Hall–Kier alpha value is -2.18. The standard InChI is InChI=1S/C15H16F2O5/c1-21-15(20)8-2-4-9(5-3-8)22-13-6-10(14(18)19)11(16)7-12(13)17/h6-9H,2-5H2,1H3,(H,18,19). The van der Waals surface area contributed by atoms with E-state index in [1.165, 1.54) is 7.11 Å². The molecule has 5 nitrogen and oxygen atoms in total. The fourth-order valence-corrected chi connectivity index (χ4v) is 2.55. The van der Waals surface area contributed by atoms with Crippen molar-refractivity contribution in [2.24, 2.45) is 5.92 Å². The van der Waals surface area contributed by atoms with Gasteiger partial charge in [0.25, 0.3) is 0 Å². The zero-order valence-corrected chi connectivity index (χ0v) is 12.0. The molecule has 22 heavy (non-hydrogen) atoms. The van der Waals surface area contributed by atoms with Crippen LogP contribution in [0.2, 0.25) is 0 Å². The molecule has 0 radical (unpaired) electrons. The maximum absolute atomic E-state index is 13.7. The number of benzene rings is 1. The Morgan fingerprint density at radius 3 is 2.32 bits per heavy atom. The molecule has 1 aromatic rings. The van der Waals surface area contributed by atoms with Gasteiger partial charge in [0.15, 0.2) is 11.6 Å². The second-order valence-electron chi connectivity index (χ2n) is 5.18. The van der Waals surface area contributed by atoms with E-state index in [9.17, 15) is 18.4 Å². The Morgan fingerprint density at radius 2 is 1.77 bits per heavy atom. The van der Waals surface area contributed by atoms with Crippen LogP contribution in [0.15, 0.2) is 12.1 Å². The number of hydrogen-bond acceptors (Lipinski definition) is 4. The Bertz CT molecular complexity index is 580. The molecular formula is C15H16F2O5. The van der Waals surface area contributed by atoms with Gasteiger partial charge >= 0.3 is 11.9 Å². The highest BCUT2D eigenvalue weighted by Gasteiger charge is 2.28. The summed E-state index contributed by atoms with van der Waals surface area (Å²) in [6.45, 7) is 0. The van der Waals surface area contributed by atoms with Crippen molar-refractivity contribution < 1.29 is 33.0 Å². The third-order valence-corrected chi connectivity index (χ3v) is 3.75. The first-order valence-corrected chi connectivity index (χ1v) is 6.89. The first-order chi connectivity index (χ1) is 10.4. The smallest absolute Gasteiger partial charge is 0.338 e. The van der Waals surface area contributed by atoms with Crippen LogP contribution < -0.4 is 4.74 Å². The lowest BCUT2D eigenvalue weighted by atomic mass is 9.87. The number of halogens is 2. The summed E-state index contributed by atoms with van der Waals surface area (Å²) in [5, 5.41) is 8.84. The van der Waals surface area contributed by atoms with E-state index in [0.717, 1.165) is 6.07 Å². The SMILES string of the molecule is COC(=O)C1CCC(Oc2cc(C(=O)O)c(F)cc2F)CC1. The largest absolute Gasteiger partial charge is 0.487 e. The number of methoxy groups -OCH3 is 1. The van der Waals surface area contributed by atoms with Crippen LogP contribution in [0.4, 0.5) is 8.78 Å². The molecule has 0 amide bonds. The Kier molecular flexibility index (Phi) is 4.95. The summed E-state index contributed by atoms with van der Waals surface area (Å²) in [7, 11) is 1.33. The Balaban J connectivity index is 2.05. The summed E-state index contributed by atoms with van der Waals surface area (Å²) in [5.41, 5.74) is -0.639. The van der Waals surface area contributed by atoms with Gasteiger partial charge in [-0.2, -0.15) is 0 Å². The number of hydrogen-bond donors (Lipinski definition) is 1. The van der Waals surface area contributed by atoms with Gasteiger partial charge < -0.3 is 14.6 Å². The number of carboxylic acid groups (broad SMARTS) is 1. The topological polar surface area (TPSA) is 72.8 Å². The molecule has 0 atom stereocenters. The minimum atomic E-state index is -1.49. The highest BCUT2D eigenvalue weighted by Crippen LogP contribution is 2.30. The predicted molar refractivity (Wildman–Crippen MR) is 71.7 cm³/mol. The van der Waals surface area contributed by atoms with Gasteiger partial charge in [-0.05, 0) is 25.7 Å². The maximum Gasteiger partial charge on any atom is 0.338 e. The lowest BCUT2D eigenvalue weighted by molar-refractivity contribution is -0.147. The average molecular weight is 314 g/mol. The number of aromatic carboxylic acids is 1. The van der Waals surface area contributed by atoms with Gasteiger partial charge in [-0.15, -0.1) is 0 Å². The molecule has 0 bridgehead atoms. The monoisotopic (exact) mass is 314 g/mol. The second kappa shape index (κ2) is 6.72. The normalized spacial score (nSPS) is 21.2. The fourth-order valence-electron chi connectivity index (χ4n) is 2.55. The Labute approximate surface area is 125 Å². The number of rotatable bonds is 4. The molecule has 1 aromatic carbocycles. The summed E-state index contributed by atoms with van der Waals surface area (Å²) in [6.07, 6.45) is 1.78. The first-order valence-electron chi connectivity index (χ1n) is 6.89. The zero-order valence-electron chi connectivity index (χ0n) is 12.0. The maximum atomic E-state index is 13.7. The van der Waals surface area contributed by atoms with Gasteiger partial charge in [0.05, 0.1) is 24.7 Å². The van der Waals surface area contributed by atoms with Crippen LogP contribution >= 0.6 is 0 Å². The first kappa shape index (κ1) is 16.2. The van der Waals surface area contributed by atoms with Crippen molar-refractivity contribution in [3.8, 4) is 5.75 Å². The van der Waals surface area contributed by atoms with E-state index < -0.39 is 23.2 Å². The van der Waals surface area contributed by atoms with Gasteiger partial charge in [0.1, 0.15) is 5.82 Å². The molecule has 1 fully saturated rings. The number of carboxylic acids is 1. The van der Waals surface area contributed by atoms with Gasteiger partial charge in [-0.25, -0.2) is 13.6 Å². The average Bonchev–Trinajstić information content (AvgIpc) is 2.49. The van der Waals surface area contributed by atoms with Crippen LogP contribution in [0.1, 0.15) is 36.0 Å². The van der Waals surface area contributed by atoms with Crippen LogP contribution in [-0.2, 0) is 9.53 Å². The number of carbonyl (C=O) groups excluding carboxylic acids is 1. The molecule has 2 rings (SSSR count). The van der Waals surface area contributed by atoms with Crippen molar-refractivity contribution in [2.75, 3.05) is 7.11 Å². The third kappa shape index (κ3) is 3.52. The van der Waals surface area contributed by atoms with E-state index in [2.05, 4.69) is 4.74 Å². The van der Waals surface area contributed by atoms with Gasteiger partial charge in [-0.3, -0.25) is 4.79 Å². The summed E-state index contributed by atoms with van der Waals surface area (Å²) in [4.78, 5) is 22.3. The van der Waals surface area contributed by atoms with Crippen molar-refractivity contribution in [1.82, 2.24) is 0 Å². The van der Waals surface area contributed by atoms with Crippen molar-refractivity contribution >= 4 is 11.9 Å². The predicted octanol–water partition coefficient (Wildman–Crippen LogP) is 2.77. The van der Waals surface area contributed by atoms with Crippen molar-refractivity contribution in [1.29, 1.82) is 0 Å². The van der Waals surface area contributed by atoms with E-state index in [1.807, 2.05) is 0 Å². The minimum Gasteiger partial charge on any atom is -0.487 e. The highest BCUT2D eigenvalue weighted by molar-refractivity contribution is 5.88. The number of esters is 1. The summed E-state index contributed by atoms with van der Waals surface area (Å²) in [6, 6.07) is 1.35. The molecule has 0 spiro atoms. The molecule has 7 heteroatoms. The van der Waals surface area contributed by atoms with E-state index in [0.29, 0.717) is 31.7 Å². The van der Waals surface area contributed by atoms with E-state index in [4.69, 9.17) is 9.84 Å². The minimum absolute atomic E-state index is 0.197. The van der Waals surface area contributed by atoms with Crippen LogP contribution in [0.25, 0.3) is 0 Å². The molecule has 1 N–H and O–H groups in total. The molecule has 0 aliphatic heterocycles. The van der Waals surface area contributed by atoms with Gasteiger partial charge in [0.2, 0.25) is 0 Å². The molecule has 0 unspecified atom stereocenters. The highest BCUT2D eigenvalue weighted by atomic mass is 19.1. The lowest BCUT2D eigenvalue weighted by Crippen LogP contribution is -2.28. The lowest BCUT2D eigenvalue weighted by Gasteiger charge is -2.27. The quantitative estimate of drug-likeness (QED) is 0.865. The fraction of sp³-hybridized carbons (Fsp3) is 0.467. The molecule has 0 aromatic heterocycles. The molecule has 1 aliphatic rings. The van der Waals surface area contributed by atoms with Gasteiger partial charge in [-0.1, -0.05) is 0 Å². The Morgan fingerprint density at radius 1 is 1.14 bits per heavy atom. The number of carbonyl (C=O) groups is 2. The summed E-state index contributed by atoms with van der Waals surface area (Å²) < 4.78 is 37.1. The molecular weight excluding hydrogens is 298 g/mol. The van der Waals surface area contributed by atoms with Crippen LogP contribution in [0.5, 0.6) is 5.75 Å². The second-order valence-corrected chi connectivity index (χ2v) is 5.18. The van der Waals surface area contributed by atoms with Crippen LogP contribution in [0.3, 0.4) is 0 Å². The van der Waals surface area contributed by atoms with Crippen molar-refractivity contribution in [2.45, 2.75) is 31.8 Å². The molecule has 1 saturated carbocycles. The number of ether oxygens (including phenoxy) is 2. The van der Waals surface area contributed by atoms with E-state index in [-0.39, 0.29) is 23.7 Å². The van der Waals surface area contributed by atoms with E-state index in [1.54, 1.807) is 0 Å². The van der Waals surface area contributed by atoms with Crippen molar-refractivity contribution in [3.05, 3.63) is 29.3 Å². The van der Waals surface area contributed by atoms with Crippen molar-refractivity contribution in [3.63, 3.8) is 0 Å². The summed E-state index contributed by atoms with van der Waals surface area (Å²) >= 11 is 0. The molecule has 1 aliphatic carbocycles. The molecule has 0 heterocycles. The van der Waals surface area contributed by atoms with E-state index >= 15 is 0 Å². The van der Waals surface area contributed by atoms with Crippen LogP contribution in [-0.4, -0.2) is 30.3 Å². The third-order valence-electron chi connectivity index (χ3n) is 3.75.